The molecule has 1 rings (SSSR count). The first-order chi connectivity index (χ1) is 66.7. The molecule has 1 saturated heterocycles. The minimum absolute atomic E-state index is 0.000949. The Labute approximate surface area is 837 Å². The maximum absolute atomic E-state index is 13.6. The first kappa shape index (κ1) is 130. The van der Waals surface area contributed by atoms with Crippen LogP contribution in [0, 0.1) is 27.6 Å². The van der Waals surface area contributed by atoms with E-state index in [0.717, 1.165) is 0 Å². The Morgan fingerprint density at radius 1 is 0.436 bits per heavy atom. The number of Topliss-reactive ketones (excluding diaryl/α,β-unsaturated/α-hetero) is 3. The molecule has 0 aromatic rings. The second-order valence-corrected chi connectivity index (χ2v) is 36.7. The lowest BCUT2D eigenvalue weighted by molar-refractivity contribution is -0.141. The lowest BCUT2D eigenvalue weighted by atomic mass is 9.88. The van der Waals surface area contributed by atoms with Crippen LogP contribution >= 0.6 is 37.9 Å². The normalized spacial score (nSPS) is 20.4. The van der Waals surface area contributed by atoms with Gasteiger partial charge >= 0.3 is 5.97 Å². The van der Waals surface area contributed by atoms with Crippen molar-refractivity contribution in [2.24, 2.45) is 27.6 Å². The number of carboxylic acids is 1. The number of rotatable bonds is 48. The van der Waals surface area contributed by atoms with E-state index in [1.165, 1.54) is 0 Å². The Kier molecular flexibility index (Phi) is 72.8. The van der Waals surface area contributed by atoms with Gasteiger partial charge in [0.1, 0.15) is 54.7 Å². The summed E-state index contributed by atoms with van der Waals surface area (Å²) in [5, 5.41) is 41.4. The number of carbonyl (C=O) groups excluding carboxylic acids is 16. The maximum Gasteiger partial charge on any atom is 0.305 e. The molecule has 0 bridgehead atoms. The molecule has 0 aliphatic carbocycles. The summed E-state index contributed by atoms with van der Waals surface area (Å²) in [6.07, 6.45) is -2.12. The van der Waals surface area contributed by atoms with E-state index in [-0.39, 0.29) is 355 Å². The third-order valence-electron chi connectivity index (χ3n) is 20.0. The lowest BCUT2D eigenvalue weighted by Gasteiger charge is -2.33. The van der Waals surface area contributed by atoms with Gasteiger partial charge in [0.05, 0.1) is 221 Å². The van der Waals surface area contributed by atoms with E-state index in [9.17, 15) is 86.6 Å². The quantitative estimate of drug-likeness (QED) is 0.0167. The zero-order valence-corrected chi connectivity index (χ0v) is 85.7. The molecule has 1 fully saturated rings. The summed E-state index contributed by atoms with van der Waals surface area (Å²) < 4.78 is 98.8. The second kappa shape index (κ2) is 78.4. The highest BCUT2D eigenvalue weighted by molar-refractivity contribution is 7.80. The predicted octanol–water partition coefficient (Wildman–Crippen LogP) is -2.71. The Balaban J connectivity index is 3.42. The van der Waals surface area contributed by atoms with Crippen molar-refractivity contribution in [3.63, 3.8) is 0 Å². The van der Waals surface area contributed by atoms with Crippen LogP contribution < -0.4 is 63.8 Å². The number of ketones is 3. The van der Waals surface area contributed by atoms with Crippen molar-refractivity contribution >= 4 is 139 Å². The number of nitrogens with one attached hydrogen (secondary N) is 12. The number of thiol groups is 3. The molecule has 0 radical (unpaired) electrons. The van der Waals surface area contributed by atoms with Gasteiger partial charge in [0, 0.05) is 144 Å². The Morgan fingerprint density at radius 3 is 1.24 bits per heavy atom. The first-order valence-corrected chi connectivity index (χ1v) is 48.9. The van der Waals surface area contributed by atoms with Crippen molar-refractivity contribution in [2.45, 2.75) is 169 Å². The van der Waals surface area contributed by atoms with Crippen LogP contribution in [0.2, 0.25) is 0 Å². The molecule has 47 nitrogen and oxygen atoms in total. The Hall–Kier alpha value is -8.00. The predicted molar refractivity (Wildman–Crippen MR) is 515 cm³/mol. The smallest absolute Gasteiger partial charge is 0.305 e. The van der Waals surface area contributed by atoms with Crippen molar-refractivity contribution in [1.29, 1.82) is 0 Å². The lowest BCUT2D eigenvalue weighted by Crippen LogP contribution is -2.58. The molecule has 13 N–H and O–H groups in total. The summed E-state index contributed by atoms with van der Waals surface area (Å²) in [6.45, 7) is 18.4. The monoisotopic (exact) mass is 2060 g/mol. The Morgan fingerprint density at radius 2 is 0.836 bits per heavy atom. The van der Waals surface area contributed by atoms with Crippen molar-refractivity contribution in [1.82, 2.24) is 63.8 Å². The SMILES string of the molecule is CCOCC1(COCCOCCNC(=O)C(COC=O)NC(=O)C(CS)NC(C)(C)C)COCCOCCNC(=O)C(COC=O)NC(=O)C(CS)CC(=O)CCC(=O)NCCOCCOCC(COCCOCCNC(=O)CCC(=O)C(C)(C)C)(COCCOCCNC(=O)CCC(=O)C(C)(C)C)COCCOCCNC(=O)CCC(=O)NC(CS)C(=O)NC(CC(=O)O)C(=O)NCCOCCOC1. The van der Waals surface area contributed by atoms with Crippen LogP contribution in [0.15, 0.2) is 0 Å². The number of ether oxygens (including phenoxy) is 17. The van der Waals surface area contributed by atoms with Gasteiger partial charge in [-0.15, -0.1) is 0 Å². The van der Waals surface area contributed by atoms with Gasteiger partial charge in [-0.1, -0.05) is 41.5 Å². The third kappa shape index (κ3) is 66.8. The van der Waals surface area contributed by atoms with Gasteiger partial charge in [0.2, 0.25) is 65.0 Å². The zero-order chi connectivity index (χ0) is 104. The highest BCUT2D eigenvalue weighted by atomic mass is 32.1. The fourth-order valence-corrected chi connectivity index (χ4v) is 13.0. The highest BCUT2D eigenvalue weighted by Crippen LogP contribution is 2.24. The average molecular weight is 2060 g/mol. The van der Waals surface area contributed by atoms with Crippen LogP contribution in [-0.2, 0) is 162 Å². The van der Waals surface area contributed by atoms with Crippen molar-refractivity contribution in [3.8, 4) is 0 Å². The van der Waals surface area contributed by atoms with E-state index in [0.29, 0.717) is 0 Å². The van der Waals surface area contributed by atoms with E-state index in [2.05, 4.69) is 102 Å². The first-order valence-electron chi connectivity index (χ1n) is 47.0. The summed E-state index contributed by atoms with van der Waals surface area (Å²) in [5.41, 5.74) is -3.63. The molecular weight excluding hydrogens is 1910 g/mol. The summed E-state index contributed by atoms with van der Waals surface area (Å²) >= 11 is 12.7. The van der Waals surface area contributed by atoms with Gasteiger partial charge in [-0.25, -0.2) is 0 Å². The molecule has 140 heavy (non-hydrogen) atoms. The number of hydrogen-bond donors (Lipinski definition) is 16. The third-order valence-corrected chi connectivity index (χ3v) is 21.1. The fraction of sp³-hybridized carbons (Fsp3) is 0.811. The van der Waals surface area contributed by atoms with Crippen molar-refractivity contribution < 1.29 is 167 Å². The second-order valence-electron chi connectivity index (χ2n) is 35.6. The minimum Gasteiger partial charge on any atom is -0.481 e. The van der Waals surface area contributed by atoms with Gasteiger partial charge in [-0.2, -0.15) is 37.9 Å². The molecule has 11 amide bonds. The van der Waals surface area contributed by atoms with E-state index in [4.69, 9.17) is 80.5 Å². The Bertz CT molecular complexity index is 3550. The standard InChI is InChI=1S/C90H158N12O35S3/c1-11-121-55-89(58-131-47-40-128-33-26-97-83(118)69(51-137-64-104)101-85(120)71(54-140)102-88(8,9)10)56-129-45-38-126-31-24-95-81(116)67(49-79(113)114)99-84(119)70(53-139)98-78(112)19-18-77(111)94-23-30-125-37-44-135-62-90(60-133-42-35-123-28-21-92-75(109)16-13-72(106)86(2,3)4,61-134-43-36-124-29-22-93-76(110)17-14-73(107)87(5,6)7)59-132-41-34-122-27-20-91-74(108)15-12-66(105)48-65(52-138)80(115)100-68(50-136-63-103)82(117)96-25-32-127-39-46-130-57-89/h63-65,67-71,102,138-140H,11-62H2,1-10H3,(H,91,108)(H,92,109)(H,93,110)(H,94,111)(H,95,116)(H,96,117)(H,97,118)(H,98,112)(H,99,119)(H,100,115)(H,101,120)(H,113,114). The van der Waals surface area contributed by atoms with Crippen LogP contribution in [0.3, 0.4) is 0 Å². The van der Waals surface area contributed by atoms with E-state index in [1.807, 2.05) is 20.8 Å². The van der Waals surface area contributed by atoms with Crippen LogP contribution in [0.25, 0.3) is 0 Å². The molecular formula is C90H158N12O35S3. The van der Waals surface area contributed by atoms with Gasteiger partial charge in [-0.3, -0.25) is 81.5 Å². The molecule has 0 spiro atoms. The average Bonchev–Trinajstić information content (AvgIpc) is 0.877. The van der Waals surface area contributed by atoms with E-state index >= 15 is 0 Å². The van der Waals surface area contributed by atoms with Crippen LogP contribution in [0.5, 0.6) is 0 Å². The molecule has 0 aromatic carbocycles. The number of carbonyl (C=O) groups is 17. The molecule has 1 aliphatic heterocycles. The van der Waals surface area contributed by atoms with Gasteiger partial charge < -0.3 is 149 Å². The van der Waals surface area contributed by atoms with Crippen molar-refractivity contribution in [2.75, 3.05) is 274 Å². The molecule has 7 unspecified atom stereocenters. The molecule has 0 aromatic heterocycles. The van der Waals surface area contributed by atoms with Crippen LogP contribution in [0.1, 0.15) is 133 Å². The summed E-state index contributed by atoms with van der Waals surface area (Å²) in [6, 6.07) is -6.39. The molecule has 50 heteroatoms. The van der Waals surface area contributed by atoms with Gasteiger partial charge in [-0.05, 0) is 27.7 Å². The summed E-state index contributed by atoms with van der Waals surface area (Å²) in [5.74, 6) is -10.2. The molecule has 1 aliphatic rings. The van der Waals surface area contributed by atoms with E-state index < -0.39 is 148 Å². The molecule has 1 heterocycles. The topological polar surface area (TPSA) is 612 Å². The number of aliphatic carboxylic acids is 1. The highest BCUT2D eigenvalue weighted by Gasteiger charge is 2.37. The van der Waals surface area contributed by atoms with Gasteiger partial charge in [0.25, 0.3) is 12.9 Å². The van der Waals surface area contributed by atoms with Gasteiger partial charge in [0.15, 0.2) is 0 Å². The summed E-state index contributed by atoms with van der Waals surface area (Å²) in [7, 11) is 0. The molecule has 7 atom stereocenters. The largest absolute Gasteiger partial charge is 0.481 e. The van der Waals surface area contributed by atoms with E-state index in [1.54, 1.807) is 48.5 Å². The maximum atomic E-state index is 13.6. The zero-order valence-electron chi connectivity index (χ0n) is 83.1. The van der Waals surface area contributed by atoms with Crippen LogP contribution in [-0.4, -0.2) is 417 Å². The molecule has 0 saturated carbocycles. The minimum atomic E-state index is -1.62. The molecule has 806 valence electrons. The number of hydrogen-bond acceptors (Lipinski definition) is 38. The van der Waals surface area contributed by atoms with Crippen LogP contribution in [0.4, 0.5) is 0 Å². The number of carboxylic acid groups (broad SMARTS) is 1. The summed E-state index contributed by atoms with van der Waals surface area (Å²) in [4.78, 5) is 216. The number of amides is 11. The fourth-order valence-electron chi connectivity index (χ4n) is 12.2. The van der Waals surface area contributed by atoms with Crippen molar-refractivity contribution in [3.05, 3.63) is 0 Å².